The molecule has 1 aliphatic heterocycles. The van der Waals surface area contributed by atoms with E-state index in [1.54, 1.807) is 30.1 Å². The maximum atomic E-state index is 12.2. The van der Waals surface area contributed by atoms with Gasteiger partial charge < -0.3 is 20.5 Å². The maximum Gasteiger partial charge on any atom is 0.257 e. The molecule has 1 aromatic rings. The number of aromatic hydroxyl groups is 1. The van der Waals surface area contributed by atoms with Gasteiger partial charge in [-0.05, 0) is 31.4 Å². The zero-order valence-electron chi connectivity index (χ0n) is 11.1. The Labute approximate surface area is 113 Å². The predicted molar refractivity (Wildman–Crippen MR) is 73.1 cm³/mol. The van der Waals surface area contributed by atoms with Crippen molar-refractivity contribution in [2.45, 2.75) is 25.4 Å². The number of nitrogen functional groups attached to an aromatic ring is 1. The van der Waals surface area contributed by atoms with Gasteiger partial charge in [0.15, 0.2) is 5.75 Å². The number of amides is 1. The highest BCUT2D eigenvalue weighted by molar-refractivity contribution is 5.98. The van der Waals surface area contributed by atoms with Gasteiger partial charge in [-0.25, -0.2) is 0 Å². The van der Waals surface area contributed by atoms with Gasteiger partial charge in [0.2, 0.25) is 0 Å². The van der Waals surface area contributed by atoms with Crippen LogP contribution in [0.15, 0.2) is 18.2 Å². The number of phenols is 1. The second-order valence-electron chi connectivity index (χ2n) is 4.92. The smallest absolute Gasteiger partial charge is 0.257 e. The molecule has 1 amide bonds. The van der Waals surface area contributed by atoms with Gasteiger partial charge in [0.05, 0.1) is 17.4 Å². The SMILES string of the molecule is CN(CC1CCCCO1)C(=O)c1cccc(N)c1O. The number of ether oxygens (including phenoxy) is 1. The summed E-state index contributed by atoms with van der Waals surface area (Å²) < 4.78 is 5.61. The van der Waals surface area contributed by atoms with Crippen molar-refractivity contribution in [2.24, 2.45) is 0 Å². The number of carbonyl (C=O) groups is 1. The number of carbonyl (C=O) groups excluding carboxylic acids is 1. The van der Waals surface area contributed by atoms with E-state index >= 15 is 0 Å². The zero-order valence-corrected chi connectivity index (χ0v) is 11.1. The minimum Gasteiger partial charge on any atom is -0.505 e. The van der Waals surface area contributed by atoms with Gasteiger partial charge in [-0.15, -0.1) is 0 Å². The highest BCUT2D eigenvalue weighted by Gasteiger charge is 2.21. The van der Waals surface area contributed by atoms with Gasteiger partial charge in [-0.1, -0.05) is 6.07 Å². The van der Waals surface area contributed by atoms with E-state index in [1.807, 2.05) is 0 Å². The van der Waals surface area contributed by atoms with Crippen molar-refractivity contribution in [1.29, 1.82) is 0 Å². The van der Waals surface area contributed by atoms with Gasteiger partial charge >= 0.3 is 0 Å². The number of nitrogens with two attached hydrogens (primary N) is 1. The highest BCUT2D eigenvalue weighted by atomic mass is 16.5. The fourth-order valence-corrected chi connectivity index (χ4v) is 2.28. The van der Waals surface area contributed by atoms with Crippen LogP contribution in [-0.4, -0.2) is 42.2 Å². The Hall–Kier alpha value is -1.75. The third-order valence-electron chi connectivity index (χ3n) is 3.40. The number of rotatable bonds is 3. The molecular weight excluding hydrogens is 244 g/mol. The van der Waals surface area contributed by atoms with Gasteiger partial charge in [0.25, 0.3) is 5.91 Å². The Morgan fingerprint density at radius 2 is 2.32 bits per heavy atom. The summed E-state index contributed by atoms with van der Waals surface area (Å²) in [6, 6.07) is 4.80. The van der Waals surface area contributed by atoms with Crippen LogP contribution in [0.1, 0.15) is 29.6 Å². The molecule has 0 aliphatic carbocycles. The molecule has 0 saturated carbocycles. The molecule has 0 aromatic heterocycles. The Morgan fingerprint density at radius 3 is 3.00 bits per heavy atom. The molecule has 1 fully saturated rings. The van der Waals surface area contributed by atoms with Crippen LogP contribution in [0.25, 0.3) is 0 Å². The lowest BCUT2D eigenvalue weighted by Crippen LogP contribution is -2.37. The van der Waals surface area contributed by atoms with Crippen molar-refractivity contribution in [3.05, 3.63) is 23.8 Å². The molecular formula is C14H20N2O3. The molecule has 0 radical (unpaired) electrons. The van der Waals surface area contributed by atoms with Crippen LogP contribution < -0.4 is 5.73 Å². The summed E-state index contributed by atoms with van der Waals surface area (Å²) in [4.78, 5) is 13.8. The van der Waals surface area contributed by atoms with Crippen LogP contribution in [0.2, 0.25) is 0 Å². The van der Waals surface area contributed by atoms with Gasteiger partial charge in [0, 0.05) is 20.2 Å². The van der Waals surface area contributed by atoms with Crippen LogP contribution >= 0.6 is 0 Å². The second-order valence-corrected chi connectivity index (χ2v) is 4.92. The molecule has 5 nitrogen and oxygen atoms in total. The fraction of sp³-hybridized carbons (Fsp3) is 0.500. The number of nitrogens with zero attached hydrogens (tertiary/aromatic N) is 1. The van der Waals surface area contributed by atoms with E-state index in [0.717, 1.165) is 25.9 Å². The number of hydrogen-bond acceptors (Lipinski definition) is 4. The van der Waals surface area contributed by atoms with E-state index in [9.17, 15) is 9.90 Å². The molecule has 1 saturated heterocycles. The summed E-state index contributed by atoms with van der Waals surface area (Å²) in [6.07, 6.45) is 3.28. The van der Waals surface area contributed by atoms with Crippen molar-refractivity contribution < 1.29 is 14.6 Å². The van der Waals surface area contributed by atoms with Crippen molar-refractivity contribution in [3.63, 3.8) is 0 Å². The highest BCUT2D eigenvalue weighted by Crippen LogP contribution is 2.25. The molecule has 2 rings (SSSR count). The third kappa shape index (κ3) is 3.17. The molecule has 104 valence electrons. The molecule has 0 spiro atoms. The average Bonchev–Trinajstić information content (AvgIpc) is 2.42. The van der Waals surface area contributed by atoms with E-state index in [-0.39, 0.29) is 29.0 Å². The number of phenolic OH excluding ortho intramolecular Hbond substituents is 1. The summed E-state index contributed by atoms with van der Waals surface area (Å²) in [6.45, 7) is 1.29. The van der Waals surface area contributed by atoms with E-state index in [2.05, 4.69) is 0 Å². The van der Waals surface area contributed by atoms with Crippen molar-refractivity contribution in [1.82, 2.24) is 4.90 Å². The summed E-state index contributed by atoms with van der Waals surface area (Å²) in [5.74, 6) is -0.386. The Bertz CT molecular complexity index is 456. The number of likely N-dealkylation sites (N-methyl/N-ethyl adjacent to an activating group) is 1. The monoisotopic (exact) mass is 264 g/mol. The first-order valence-electron chi connectivity index (χ1n) is 6.54. The molecule has 3 N–H and O–H groups in total. The normalized spacial score (nSPS) is 19.1. The zero-order chi connectivity index (χ0) is 13.8. The van der Waals surface area contributed by atoms with Crippen LogP contribution in [0.3, 0.4) is 0 Å². The third-order valence-corrected chi connectivity index (χ3v) is 3.40. The Balaban J connectivity index is 2.03. The first-order valence-corrected chi connectivity index (χ1v) is 6.54. The topological polar surface area (TPSA) is 75.8 Å². The molecule has 5 heteroatoms. The lowest BCUT2D eigenvalue weighted by molar-refractivity contribution is -0.000237. The fourth-order valence-electron chi connectivity index (χ4n) is 2.28. The summed E-state index contributed by atoms with van der Waals surface area (Å²) in [5, 5.41) is 9.82. The number of anilines is 1. The van der Waals surface area contributed by atoms with E-state index in [4.69, 9.17) is 10.5 Å². The Kier molecular flexibility index (Phi) is 4.27. The quantitative estimate of drug-likeness (QED) is 0.642. The summed E-state index contributed by atoms with van der Waals surface area (Å²) in [5.41, 5.74) is 6.05. The molecule has 19 heavy (non-hydrogen) atoms. The molecule has 1 heterocycles. The Morgan fingerprint density at radius 1 is 1.53 bits per heavy atom. The minimum atomic E-state index is -0.237. The van der Waals surface area contributed by atoms with Gasteiger partial charge in [-0.2, -0.15) is 0 Å². The largest absolute Gasteiger partial charge is 0.505 e. The van der Waals surface area contributed by atoms with E-state index < -0.39 is 0 Å². The van der Waals surface area contributed by atoms with Gasteiger partial charge in [-0.3, -0.25) is 4.79 Å². The van der Waals surface area contributed by atoms with Crippen LogP contribution in [0.4, 0.5) is 5.69 Å². The molecule has 1 aromatic carbocycles. The van der Waals surface area contributed by atoms with Gasteiger partial charge in [0.1, 0.15) is 0 Å². The lowest BCUT2D eigenvalue weighted by atomic mass is 10.1. The maximum absolute atomic E-state index is 12.2. The minimum absolute atomic E-state index is 0.0888. The predicted octanol–water partition coefficient (Wildman–Crippen LogP) is 1.62. The van der Waals surface area contributed by atoms with Crippen molar-refractivity contribution in [2.75, 3.05) is 25.9 Å². The van der Waals surface area contributed by atoms with Crippen LogP contribution in [0, 0.1) is 0 Å². The summed E-state index contributed by atoms with van der Waals surface area (Å²) in [7, 11) is 1.71. The van der Waals surface area contributed by atoms with Crippen LogP contribution in [-0.2, 0) is 4.74 Å². The summed E-state index contributed by atoms with van der Waals surface area (Å²) >= 11 is 0. The first kappa shape index (κ1) is 13.7. The van der Waals surface area contributed by atoms with E-state index in [1.165, 1.54) is 0 Å². The molecule has 1 unspecified atom stereocenters. The van der Waals surface area contributed by atoms with E-state index in [0.29, 0.717) is 6.54 Å². The standard InChI is InChI=1S/C14H20N2O3/c1-16(9-10-5-2-3-8-19-10)14(18)11-6-4-7-12(15)13(11)17/h4,6-7,10,17H,2-3,5,8-9,15H2,1H3. The molecule has 1 atom stereocenters. The van der Waals surface area contributed by atoms with Crippen LogP contribution in [0.5, 0.6) is 5.75 Å². The molecule has 1 aliphatic rings. The van der Waals surface area contributed by atoms with Crippen molar-refractivity contribution in [3.8, 4) is 5.75 Å². The molecule has 0 bridgehead atoms. The number of hydrogen-bond donors (Lipinski definition) is 2. The number of benzene rings is 1. The first-order chi connectivity index (χ1) is 9.09. The average molecular weight is 264 g/mol. The van der Waals surface area contributed by atoms with Crippen molar-refractivity contribution >= 4 is 11.6 Å². The number of para-hydroxylation sites is 1. The second kappa shape index (κ2) is 5.93. The lowest BCUT2D eigenvalue weighted by Gasteiger charge is -2.27.